The molecule has 0 fully saturated rings. The molecule has 1 rings (SSSR count). The van der Waals surface area contributed by atoms with Gasteiger partial charge >= 0.3 is 0 Å². The molecule has 0 heterocycles. The standard InChI is InChI=1S/C11H17NO/c1-3-8-13-10-7-5-6-9(4-2)11(10)12/h5-7H,3-4,8,12H2,1-2H3. The van der Waals surface area contributed by atoms with E-state index < -0.39 is 0 Å². The molecule has 2 heteroatoms. The van der Waals surface area contributed by atoms with E-state index in [-0.39, 0.29) is 0 Å². The summed E-state index contributed by atoms with van der Waals surface area (Å²) in [5.74, 6) is 0.821. The molecule has 1 aromatic carbocycles. The van der Waals surface area contributed by atoms with Crippen LogP contribution in [0.2, 0.25) is 0 Å². The summed E-state index contributed by atoms with van der Waals surface area (Å²) >= 11 is 0. The zero-order chi connectivity index (χ0) is 9.68. The number of benzene rings is 1. The van der Waals surface area contributed by atoms with Crippen molar-refractivity contribution in [3.05, 3.63) is 23.8 Å². The second-order valence-corrected chi connectivity index (χ2v) is 3.03. The smallest absolute Gasteiger partial charge is 0.142 e. The first-order chi connectivity index (χ1) is 6.29. The van der Waals surface area contributed by atoms with Gasteiger partial charge in [-0.25, -0.2) is 0 Å². The third-order valence-electron chi connectivity index (χ3n) is 2.00. The van der Waals surface area contributed by atoms with Crippen LogP contribution in [0.25, 0.3) is 0 Å². The zero-order valence-electron chi connectivity index (χ0n) is 8.34. The summed E-state index contributed by atoms with van der Waals surface area (Å²) in [4.78, 5) is 0. The lowest BCUT2D eigenvalue weighted by molar-refractivity contribution is 0.319. The molecule has 0 saturated heterocycles. The second-order valence-electron chi connectivity index (χ2n) is 3.03. The van der Waals surface area contributed by atoms with Gasteiger partial charge in [0.15, 0.2) is 0 Å². The molecule has 0 aliphatic rings. The van der Waals surface area contributed by atoms with Gasteiger partial charge in [0.2, 0.25) is 0 Å². The van der Waals surface area contributed by atoms with E-state index in [9.17, 15) is 0 Å². The molecule has 0 radical (unpaired) electrons. The van der Waals surface area contributed by atoms with Gasteiger partial charge in [0.05, 0.1) is 12.3 Å². The first-order valence-corrected chi connectivity index (χ1v) is 4.79. The Morgan fingerprint density at radius 3 is 2.69 bits per heavy atom. The van der Waals surface area contributed by atoms with Crippen LogP contribution in [0.1, 0.15) is 25.8 Å². The molecular formula is C11H17NO. The topological polar surface area (TPSA) is 35.2 Å². The molecule has 0 aliphatic heterocycles. The van der Waals surface area contributed by atoms with Gasteiger partial charge in [-0.2, -0.15) is 0 Å². The Labute approximate surface area is 79.7 Å². The van der Waals surface area contributed by atoms with E-state index in [0.29, 0.717) is 0 Å². The summed E-state index contributed by atoms with van der Waals surface area (Å²) in [7, 11) is 0. The highest BCUT2D eigenvalue weighted by Gasteiger charge is 2.02. The fraction of sp³-hybridized carbons (Fsp3) is 0.455. The molecule has 72 valence electrons. The van der Waals surface area contributed by atoms with Crippen LogP contribution >= 0.6 is 0 Å². The Balaban J connectivity index is 2.81. The molecule has 0 aliphatic carbocycles. The fourth-order valence-corrected chi connectivity index (χ4v) is 1.24. The highest BCUT2D eigenvalue weighted by molar-refractivity contribution is 5.58. The van der Waals surface area contributed by atoms with Gasteiger partial charge < -0.3 is 10.5 Å². The van der Waals surface area contributed by atoms with E-state index in [1.807, 2.05) is 18.2 Å². The summed E-state index contributed by atoms with van der Waals surface area (Å²) in [6, 6.07) is 5.94. The summed E-state index contributed by atoms with van der Waals surface area (Å²) in [5, 5.41) is 0. The average Bonchev–Trinajstić information content (AvgIpc) is 2.16. The molecule has 0 aromatic heterocycles. The lowest BCUT2D eigenvalue weighted by atomic mass is 10.1. The largest absolute Gasteiger partial charge is 0.491 e. The van der Waals surface area contributed by atoms with Crippen molar-refractivity contribution < 1.29 is 4.74 Å². The molecule has 2 nitrogen and oxygen atoms in total. The van der Waals surface area contributed by atoms with Crippen molar-refractivity contribution in [1.82, 2.24) is 0 Å². The van der Waals surface area contributed by atoms with Crippen molar-refractivity contribution in [3.63, 3.8) is 0 Å². The van der Waals surface area contributed by atoms with Crippen molar-refractivity contribution in [2.45, 2.75) is 26.7 Å². The van der Waals surface area contributed by atoms with Crippen LogP contribution in [0.5, 0.6) is 5.75 Å². The predicted molar refractivity (Wildman–Crippen MR) is 56.0 cm³/mol. The van der Waals surface area contributed by atoms with Crippen LogP contribution in [0.3, 0.4) is 0 Å². The van der Waals surface area contributed by atoms with Gasteiger partial charge in [-0.3, -0.25) is 0 Å². The number of anilines is 1. The SMILES string of the molecule is CCCOc1cccc(CC)c1N. The summed E-state index contributed by atoms with van der Waals surface area (Å²) in [5.41, 5.74) is 7.86. The number of para-hydroxylation sites is 1. The summed E-state index contributed by atoms with van der Waals surface area (Å²) in [6.07, 6.45) is 1.96. The van der Waals surface area contributed by atoms with Crippen molar-refractivity contribution in [2.75, 3.05) is 12.3 Å². The molecule has 0 saturated carbocycles. The monoisotopic (exact) mass is 179 g/mol. The van der Waals surface area contributed by atoms with E-state index in [2.05, 4.69) is 13.8 Å². The lowest BCUT2D eigenvalue weighted by Crippen LogP contribution is -2.01. The molecular weight excluding hydrogens is 162 g/mol. The third-order valence-corrected chi connectivity index (χ3v) is 2.00. The van der Waals surface area contributed by atoms with Crippen molar-refractivity contribution in [3.8, 4) is 5.75 Å². The number of hydrogen-bond acceptors (Lipinski definition) is 2. The molecule has 0 spiro atoms. The number of hydrogen-bond donors (Lipinski definition) is 1. The maximum atomic E-state index is 5.91. The number of rotatable bonds is 4. The van der Waals surface area contributed by atoms with Crippen molar-refractivity contribution in [2.24, 2.45) is 0 Å². The minimum Gasteiger partial charge on any atom is -0.491 e. The van der Waals surface area contributed by atoms with Crippen molar-refractivity contribution in [1.29, 1.82) is 0 Å². The van der Waals surface area contributed by atoms with Gasteiger partial charge in [-0.05, 0) is 24.5 Å². The molecule has 0 atom stereocenters. The Kier molecular flexibility index (Phi) is 3.62. The maximum absolute atomic E-state index is 5.91. The van der Waals surface area contributed by atoms with Crippen LogP contribution < -0.4 is 10.5 Å². The van der Waals surface area contributed by atoms with Crippen LogP contribution in [-0.2, 0) is 6.42 Å². The Morgan fingerprint density at radius 1 is 1.31 bits per heavy atom. The molecule has 0 amide bonds. The Hall–Kier alpha value is -1.18. The number of ether oxygens (including phenoxy) is 1. The predicted octanol–water partition coefficient (Wildman–Crippen LogP) is 2.62. The van der Waals surface area contributed by atoms with E-state index in [0.717, 1.165) is 36.4 Å². The Morgan fingerprint density at radius 2 is 2.08 bits per heavy atom. The van der Waals surface area contributed by atoms with Crippen LogP contribution in [0.15, 0.2) is 18.2 Å². The zero-order valence-corrected chi connectivity index (χ0v) is 8.34. The normalized spacial score (nSPS) is 10.0. The van der Waals surface area contributed by atoms with Crippen molar-refractivity contribution >= 4 is 5.69 Å². The van der Waals surface area contributed by atoms with Gasteiger partial charge in [-0.15, -0.1) is 0 Å². The third kappa shape index (κ3) is 2.38. The summed E-state index contributed by atoms with van der Waals surface area (Å²) < 4.78 is 5.50. The first-order valence-electron chi connectivity index (χ1n) is 4.79. The van der Waals surface area contributed by atoms with Gasteiger partial charge in [-0.1, -0.05) is 26.0 Å². The minimum atomic E-state index is 0.733. The van der Waals surface area contributed by atoms with E-state index >= 15 is 0 Å². The first kappa shape index (κ1) is 9.90. The highest BCUT2D eigenvalue weighted by atomic mass is 16.5. The lowest BCUT2D eigenvalue weighted by Gasteiger charge is -2.10. The molecule has 2 N–H and O–H groups in total. The number of nitrogens with two attached hydrogens (primary N) is 1. The van der Waals surface area contributed by atoms with Crippen LogP contribution in [0.4, 0.5) is 5.69 Å². The molecule has 0 bridgehead atoms. The number of aryl methyl sites for hydroxylation is 1. The van der Waals surface area contributed by atoms with E-state index in [1.165, 1.54) is 0 Å². The van der Waals surface area contributed by atoms with E-state index in [1.54, 1.807) is 0 Å². The Bertz CT molecular complexity index is 271. The van der Waals surface area contributed by atoms with Crippen LogP contribution in [-0.4, -0.2) is 6.61 Å². The van der Waals surface area contributed by atoms with Gasteiger partial charge in [0.25, 0.3) is 0 Å². The second kappa shape index (κ2) is 4.75. The van der Waals surface area contributed by atoms with Gasteiger partial charge in [0.1, 0.15) is 5.75 Å². The molecule has 13 heavy (non-hydrogen) atoms. The molecule has 1 aromatic rings. The highest BCUT2D eigenvalue weighted by Crippen LogP contribution is 2.25. The van der Waals surface area contributed by atoms with Crippen LogP contribution in [0, 0.1) is 0 Å². The minimum absolute atomic E-state index is 0.733. The average molecular weight is 179 g/mol. The maximum Gasteiger partial charge on any atom is 0.142 e. The quantitative estimate of drug-likeness (QED) is 0.721. The fourth-order valence-electron chi connectivity index (χ4n) is 1.24. The van der Waals surface area contributed by atoms with Gasteiger partial charge in [0, 0.05) is 0 Å². The van der Waals surface area contributed by atoms with E-state index in [4.69, 9.17) is 10.5 Å². The molecule has 0 unspecified atom stereocenters. The number of nitrogen functional groups attached to an aromatic ring is 1. The summed E-state index contributed by atoms with van der Waals surface area (Å²) in [6.45, 7) is 4.91.